The Labute approximate surface area is 419 Å². The van der Waals surface area contributed by atoms with Crippen molar-refractivity contribution in [1.82, 2.24) is 36.5 Å². The van der Waals surface area contributed by atoms with Crippen molar-refractivity contribution in [1.29, 1.82) is 0 Å². The molecule has 5 atom stereocenters. The van der Waals surface area contributed by atoms with E-state index in [4.69, 9.17) is 10.5 Å². The van der Waals surface area contributed by atoms with E-state index in [0.717, 1.165) is 22.2 Å². The molecule has 0 saturated heterocycles. The molecule has 0 fully saturated rings. The van der Waals surface area contributed by atoms with Gasteiger partial charge >= 0.3 is 5.97 Å². The van der Waals surface area contributed by atoms with Crippen LogP contribution < -0.4 is 32.3 Å². The number of primary amides is 1. The number of para-hydroxylation sites is 1. The highest BCUT2D eigenvalue weighted by molar-refractivity contribution is 5.98. The van der Waals surface area contributed by atoms with Crippen molar-refractivity contribution in [2.45, 2.75) is 115 Å². The second-order valence-electron chi connectivity index (χ2n) is 17.7. The molecule has 0 unspecified atom stereocenters. The standard InChI is InChI=1S/C54H66N8O10/c1-4-6-21-42(58-47(64)29-36-24-26-39(63)27-25-36)51(68)57-33-48(65)59-45(30-38-32-56-41-23-15-14-20-40(38)41)52(69)60-43(22-7-5-2)54(71)62(3)46(31-49(66)72-34-37-18-12-9-13-19-37)53(70)61-44(50(55)67)28-35-16-10-8-11-17-35/h8-20,23-27,32,42-46,56,63H,4-7,21-22,28-31,33-34H2,1-3H3,(H2,55,67)(H,57,68)(H,58,64)(H,59,65)(H,60,69)(H,61,70)/t42-,43-,44-,45-,46-/m0/s1. The zero-order chi connectivity index (χ0) is 52.0. The van der Waals surface area contributed by atoms with Gasteiger partial charge in [-0.2, -0.15) is 0 Å². The molecule has 72 heavy (non-hydrogen) atoms. The number of fused-ring (bicyclic) bond motifs is 1. The third-order valence-electron chi connectivity index (χ3n) is 12.1. The van der Waals surface area contributed by atoms with Gasteiger partial charge in [0.15, 0.2) is 0 Å². The molecule has 0 radical (unpaired) electrons. The van der Waals surface area contributed by atoms with Crippen molar-refractivity contribution in [2.24, 2.45) is 5.73 Å². The van der Waals surface area contributed by atoms with E-state index in [1.165, 1.54) is 19.2 Å². The van der Waals surface area contributed by atoms with Crippen LogP contribution in [0.25, 0.3) is 10.9 Å². The number of nitrogens with two attached hydrogens (primary N) is 1. The second-order valence-corrected chi connectivity index (χ2v) is 17.7. The van der Waals surface area contributed by atoms with Crippen LogP contribution >= 0.6 is 0 Å². The third kappa shape index (κ3) is 17.1. The Balaban J connectivity index is 1.35. The minimum absolute atomic E-state index is 0.0330. The molecule has 7 amide bonds. The molecule has 1 heterocycles. The molecule has 4 aromatic carbocycles. The molecule has 5 rings (SSSR count). The molecule has 9 N–H and O–H groups in total. The van der Waals surface area contributed by atoms with Crippen LogP contribution in [0.5, 0.6) is 5.75 Å². The molecule has 0 spiro atoms. The molecule has 18 nitrogen and oxygen atoms in total. The van der Waals surface area contributed by atoms with E-state index in [9.17, 15) is 43.5 Å². The van der Waals surface area contributed by atoms with E-state index in [2.05, 4.69) is 31.6 Å². The Bertz CT molecular complexity index is 2610. The lowest BCUT2D eigenvalue weighted by Gasteiger charge is -2.32. The Morgan fingerprint density at radius 3 is 1.89 bits per heavy atom. The van der Waals surface area contributed by atoms with Gasteiger partial charge in [-0.25, -0.2) is 0 Å². The molecule has 0 aliphatic heterocycles. The maximum Gasteiger partial charge on any atom is 0.308 e. The van der Waals surface area contributed by atoms with Gasteiger partial charge < -0.3 is 52.0 Å². The average molecular weight is 987 g/mol. The molecule has 5 aromatic rings. The number of phenols is 1. The number of aromatic nitrogens is 1. The molecule has 18 heteroatoms. The number of esters is 1. The first-order valence-corrected chi connectivity index (χ1v) is 24.2. The number of carbonyl (C=O) groups excluding carboxylic acids is 8. The van der Waals surface area contributed by atoms with Crippen LogP contribution in [0.4, 0.5) is 0 Å². The Kier molecular flexibility index (Phi) is 21.3. The number of likely N-dealkylation sites (N-methyl/N-ethyl adjacent to an activating group) is 1. The van der Waals surface area contributed by atoms with Gasteiger partial charge in [-0.05, 0) is 53.3 Å². The van der Waals surface area contributed by atoms with E-state index in [-0.39, 0.29) is 38.0 Å². The SMILES string of the molecule is CCCC[C@H](NC(=O)Cc1ccc(O)cc1)C(=O)NCC(=O)N[C@@H](Cc1c[nH]c2ccccc12)C(=O)N[C@@H](CCCC)C(=O)N(C)[C@@H](CC(=O)OCc1ccccc1)C(=O)N[C@@H](Cc1ccccc1)C(N)=O. The normalized spacial score (nSPS) is 13.0. The first-order valence-electron chi connectivity index (χ1n) is 24.2. The van der Waals surface area contributed by atoms with Crippen molar-refractivity contribution in [2.75, 3.05) is 13.6 Å². The summed E-state index contributed by atoms with van der Waals surface area (Å²) in [5.41, 5.74) is 9.21. The molecule has 0 bridgehead atoms. The Morgan fingerprint density at radius 1 is 0.639 bits per heavy atom. The third-order valence-corrected chi connectivity index (χ3v) is 12.1. The summed E-state index contributed by atoms with van der Waals surface area (Å²) in [5.74, 6) is -5.70. The summed E-state index contributed by atoms with van der Waals surface area (Å²) >= 11 is 0. The Morgan fingerprint density at radius 2 is 1.24 bits per heavy atom. The first-order chi connectivity index (χ1) is 34.6. The summed E-state index contributed by atoms with van der Waals surface area (Å²) in [6.45, 7) is 3.17. The zero-order valence-corrected chi connectivity index (χ0v) is 41.0. The number of phenolic OH excluding ortho intramolecular Hbond substituents is 1. The number of aromatic hydroxyl groups is 1. The monoisotopic (exact) mass is 986 g/mol. The van der Waals surface area contributed by atoms with Gasteiger partial charge in [-0.3, -0.25) is 38.4 Å². The van der Waals surface area contributed by atoms with Gasteiger partial charge in [0, 0.05) is 37.0 Å². The van der Waals surface area contributed by atoms with Crippen molar-refractivity contribution in [3.63, 3.8) is 0 Å². The fourth-order valence-electron chi connectivity index (χ4n) is 8.03. The highest BCUT2D eigenvalue weighted by atomic mass is 16.5. The molecule has 382 valence electrons. The van der Waals surface area contributed by atoms with Crippen LogP contribution in [0, 0.1) is 0 Å². The van der Waals surface area contributed by atoms with Gasteiger partial charge in [0.25, 0.3) is 0 Å². The number of rotatable bonds is 28. The fourth-order valence-corrected chi connectivity index (χ4v) is 8.03. The van der Waals surface area contributed by atoms with Crippen LogP contribution in [0.1, 0.15) is 81.0 Å². The molecule has 1 aromatic heterocycles. The molecule has 0 aliphatic carbocycles. The van der Waals surface area contributed by atoms with Crippen molar-refractivity contribution in [3.8, 4) is 5.75 Å². The number of unbranched alkanes of at least 4 members (excludes halogenated alkanes) is 2. The van der Waals surface area contributed by atoms with Crippen LogP contribution in [0.2, 0.25) is 0 Å². The number of hydrogen-bond acceptors (Lipinski definition) is 10. The number of H-pyrrole nitrogens is 1. The highest BCUT2D eigenvalue weighted by Gasteiger charge is 2.37. The quantitative estimate of drug-likeness (QED) is 0.0336. The van der Waals surface area contributed by atoms with Crippen molar-refractivity contribution >= 4 is 58.2 Å². The van der Waals surface area contributed by atoms with Crippen LogP contribution in [-0.2, 0) is 69.0 Å². The predicted molar refractivity (Wildman–Crippen MR) is 270 cm³/mol. The Hall–Kier alpha value is -8.02. The number of amides is 7. The van der Waals surface area contributed by atoms with Crippen LogP contribution in [0.15, 0.2) is 115 Å². The number of carbonyl (C=O) groups is 8. The lowest BCUT2D eigenvalue weighted by molar-refractivity contribution is -0.151. The smallest absolute Gasteiger partial charge is 0.308 e. The summed E-state index contributed by atoms with van der Waals surface area (Å²) in [7, 11) is 1.32. The summed E-state index contributed by atoms with van der Waals surface area (Å²) in [4.78, 5) is 114. The largest absolute Gasteiger partial charge is 0.508 e. The first kappa shape index (κ1) is 54.9. The number of nitrogens with one attached hydrogen (secondary N) is 6. The minimum atomic E-state index is -1.52. The van der Waals surface area contributed by atoms with Crippen molar-refractivity contribution in [3.05, 3.63) is 138 Å². The van der Waals surface area contributed by atoms with E-state index in [1.54, 1.807) is 79.0 Å². The lowest BCUT2D eigenvalue weighted by Crippen LogP contribution is -2.59. The van der Waals surface area contributed by atoms with E-state index >= 15 is 0 Å². The summed E-state index contributed by atoms with van der Waals surface area (Å²) in [6.07, 6.45) is 3.87. The molecular formula is C54H66N8O10. The predicted octanol–water partition coefficient (Wildman–Crippen LogP) is 3.78. The molecular weight excluding hydrogens is 921 g/mol. The number of aromatic amines is 1. The minimum Gasteiger partial charge on any atom is -0.508 e. The van der Waals surface area contributed by atoms with E-state index < -0.39 is 90.5 Å². The molecule has 0 saturated carbocycles. The average Bonchev–Trinajstić information content (AvgIpc) is 3.79. The van der Waals surface area contributed by atoms with Crippen LogP contribution in [-0.4, -0.2) is 106 Å². The van der Waals surface area contributed by atoms with E-state index in [0.29, 0.717) is 47.9 Å². The summed E-state index contributed by atoms with van der Waals surface area (Å²) in [5, 5.41) is 23.9. The number of benzene rings is 4. The van der Waals surface area contributed by atoms with Crippen LogP contribution in [0.3, 0.4) is 0 Å². The number of ether oxygens (including phenoxy) is 1. The van der Waals surface area contributed by atoms with Gasteiger partial charge in [0.1, 0.15) is 42.6 Å². The van der Waals surface area contributed by atoms with Crippen molar-refractivity contribution < 1.29 is 48.2 Å². The molecule has 0 aliphatic rings. The summed E-state index contributed by atoms with van der Waals surface area (Å²) in [6, 6.07) is 25.0. The topological polar surface area (TPSA) is 271 Å². The van der Waals surface area contributed by atoms with Gasteiger partial charge in [0.05, 0.1) is 19.4 Å². The maximum absolute atomic E-state index is 14.7. The second kappa shape index (κ2) is 28.0. The van der Waals surface area contributed by atoms with E-state index in [1.807, 2.05) is 38.1 Å². The van der Waals surface area contributed by atoms with Gasteiger partial charge in [-0.1, -0.05) is 131 Å². The highest BCUT2D eigenvalue weighted by Crippen LogP contribution is 2.20. The maximum atomic E-state index is 14.7. The summed E-state index contributed by atoms with van der Waals surface area (Å²) < 4.78 is 5.52. The lowest BCUT2D eigenvalue weighted by atomic mass is 10.0. The van der Waals surface area contributed by atoms with Gasteiger partial charge in [-0.15, -0.1) is 0 Å². The van der Waals surface area contributed by atoms with Gasteiger partial charge in [0.2, 0.25) is 41.4 Å². The number of nitrogens with zero attached hydrogens (tertiary/aromatic N) is 1. The number of hydrogen-bond donors (Lipinski definition) is 8. The fraction of sp³-hybridized carbons (Fsp3) is 0.370. The zero-order valence-electron chi connectivity index (χ0n) is 41.0.